The molecule has 5 heteroatoms. The van der Waals surface area contributed by atoms with Gasteiger partial charge in [-0.05, 0) is 25.5 Å². The molecule has 0 bridgehead atoms. The van der Waals surface area contributed by atoms with E-state index in [0.29, 0.717) is 19.2 Å². The van der Waals surface area contributed by atoms with Crippen LogP contribution in [-0.4, -0.2) is 43.2 Å². The average molecular weight is 305 g/mol. The molecule has 0 unspecified atom stereocenters. The Kier molecular flexibility index (Phi) is 6.68. The fourth-order valence-corrected chi connectivity index (χ4v) is 3.09. The highest BCUT2D eigenvalue weighted by molar-refractivity contribution is 5.67. The fraction of sp³-hybridized carbons (Fsp3) is 0.588. The van der Waals surface area contributed by atoms with Crippen molar-refractivity contribution in [2.45, 2.75) is 44.4 Å². The lowest BCUT2D eigenvalue weighted by Gasteiger charge is -2.38. The van der Waals surface area contributed by atoms with Crippen molar-refractivity contribution in [3.05, 3.63) is 35.9 Å². The normalized spacial score (nSPS) is 21.6. The number of carbonyl (C=O) groups excluding carboxylic acids is 1. The summed E-state index contributed by atoms with van der Waals surface area (Å²) in [6.07, 6.45) is 4.12. The van der Waals surface area contributed by atoms with Crippen molar-refractivity contribution in [3.8, 4) is 0 Å². The van der Waals surface area contributed by atoms with Crippen LogP contribution in [0.2, 0.25) is 0 Å². The van der Waals surface area contributed by atoms with Crippen molar-refractivity contribution < 1.29 is 9.53 Å². The Bertz CT molecular complexity index is 452. The Morgan fingerprint density at radius 2 is 2.05 bits per heavy atom. The Hall–Kier alpha value is -1.59. The van der Waals surface area contributed by atoms with E-state index in [4.69, 9.17) is 10.5 Å². The first-order valence-corrected chi connectivity index (χ1v) is 8.08. The maximum Gasteiger partial charge on any atom is 0.407 e. The van der Waals surface area contributed by atoms with Gasteiger partial charge in [-0.15, -0.1) is 0 Å². The smallest absolute Gasteiger partial charge is 0.407 e. The van der Waals surface area contributed by atoms with Gasteiger partial charge in [0.2, 0.25) is 0 Å². The van der Waals surface area contributed by atoms with Gasteiger partial charge in [-0.1, -0.05) is 43.2 Å². The predicted molar refractivity (Wildman–Crippen MR) is 87.5 cm³/mol. The van der Waals surface area contributed by atoms with E-state index in [1.165, 1.54) is 6.42 Å². The number of hydrogen-bond acceptors (Lipinski definition) is 4. The highest BCUT2D eigenvalue weighted by atomic mass is 16.5. The number of ether oxygens (including phenoxy) is 1. The summed E-state index contributed by atoms with van der Waals surface area (Å²) in [6, 6.07) is 10.2. The predicted octanol–water partition coefficient (Wildman–Crippen LogP) is 2.11. The molecule has 1 saturated carbocycles. The van der Waals surface area contributed by atoms with Crippen molar-refractivity contribution in [3.63, 3.8) is 0 Å². The van der Waals surface area contributed by atoms with E-state index in [0.717, 1.165) is 31.4 Å². The van der Waals surface area contributed by atoms with Crippen molar-refractivity contribution >= 4 is 6.09 Å². The van der Waals surface area contributed by atoms with Crippen LogP contribution in [0.4, 0.5) is 4.79 Å². The van der Waals surface area contributed by atoms with E-state index < -0.39 is 0 Å². The summed E-state index contributed by atoms with van der Waals surface area (Å²) in [4.78, 5) is 14.3. The summed E-state index contributed by atoms with van der Waals surface area (Å²) in [6.45, 7) is 1.79. The number of hydrogen-bond donors (Lipinski definition) is 2. The number of benzene rings is 1. The van der Waals surface area contributed by atoms with Crippen LogP contribution in [0, 0.1) is 0 Å². The van der Waals surface area contributed by atoms with Crippen molar-refractivity contribution in [1.29, 1.82) is 0 Å². The van der Waals surface area contributed by atoms with Crippen molar-refractivity contribution in [2.75, 3.05) is 20.1 Å². The van der Waals surface area contributed by atoms with E-state index in [9.17, 15) is 4.79 Å². The van der Waals surface area contributed by atoms with Crippen LogP contribution in [0.1, 0.15) is 31.2 Å². The van der Waals surface area contributed by atoms with Gasteiger partial charge in [0, 0.05) is 25.2 Å². The van der Waals surface area contributed by atoms with Gasteiger partial charge >= 0.3 is 6.09 Å². The lowest BCUT2D eigenvalue weighted by molar-refractivity contribution is 0.112. The molecule has 0 aromatic heterocycles. The molecule has 0 saturated heterocycles. The van der Waals surface area contributed by atoms with Crippen molar-refractivity contribution in [1.82, 2.24) is 10.2 Å². The minimum absolute atomic E-state index is 0.147. The summed E-state index contributed by atoms with van der Waals surface area (Å²) in [5.74, 6) is 0. The number of nitrogens with zero attached hydrogens (tertiary/aromatic N) is 1. The summed E-state index contributed by atoms with van der Waals surface area (Å²) >= 11 is 0. The number of rotatable bonds is 6. The lowest BCUT2D eigenvalue weighted by Crippen LogP contribution is -2.53. The van der Waals surface area contributed by atoms with Crippen LogP contribution in [0.3, 0.4) is 0 Å². The SMILES string of the molecule is CN(CCN)[C@H]1CCCC[C@@H]1NC(=O)OCc1ccccc1. The molecular weight excluding hydrogens is 278 g/mol. The van der Waals surface area contributed by atoms with E-state index in [2.05, 4.69) is 17.3 Å². The Balaban J connectivity index is 1.83. The molecule has 1 aromatic rings. The second kappa shape index (κ2) is 8.76. The highest BCUT2D eigenvalue weighted by Gasteiger charge is 2.29. The molecule has 1 aliphatic carbocycles. The van der Waals surface area contributed by atoms with Crippen LogP contribution in [0.5, 0.6) is 0 Å². The van der Waals surface area contributed by atoms with E-state index in [1.54, 1.807) is 0 Å². The zero-order valence-corrected chi connectivity index (χ0v) is 13.3. The van der Waals surface area contributed by atoms with E-state index in [-0.39, 0.29) is 12.1 Å². The third-order valence-electron chi connectivity index (χ3n) is 4.29. The molecule has 1 aliphatic rings. The van der Waals surface area contributed by atoms with Crippen LogP contribution >= 0.6 is 0 Å². The fourth-order valence-electron chi connectivity index (χ4n) is 3.09. The first-order chi connectivity index (χ1) is 10.7. The molecule has 5 nitrogen and oxygen atoms in total. The first kappa shape index (κ1) is 16.8. The van der Waals surface area contributed by atoms with Crippen LogP contribution in [-0.2, 0) is 11.3 Å². The number of amides is 1. The molecule has 22 heavy (non-hydrogen) atoms. The quantitative estimate of drug-likeness (QED) is 0.845. The molecule has 1 fully saturated rings. The lowest BCUT2D eigenvalue weighted by atomic mass is 9.89. The Morgan fingerprint density at radius 3 is 2.77 bits per heavy atom. The molecular formula is C17H27N3O2. The molecule has 2 rings (SSSR count). The molecule has 0 spiro atoms. The van der Waals surface area contributed by atoms with Crippen molar-refractivity contribution in [2.24, 2.45) is 5.73 Å². The molecule has 1 aromatic carbocycles. The molecule has 0 aliphatic heterocycles. The van der Waals surface area contributed by atoms with Crippen LogP contribution in [0.25, 0.3) is 0 Å². The van der Waals surface area contributed by atoms with Gasteiger partial charge in [0.1, 0.15) is 6.61 Å². The van der Waals surface area contributed by atoms with Gasteiger partial charge in [0.15, 0.2) is 0 Å². The molecule has 122 valence electrons. The Labute approximate surface area is 132 Å². The first-order valence-electron chi connectivity index (χ1n) is 8.08. The van der Waals surface area contributed by atoms with E-state index in [1.807, 2.05) is 30.3 Å². The third kappa shape index (κ3) is 5.00. The summed E-state index contributed by atoms with van der Waals surface area (Å²) in [5.41, 5.74) is 6.64. The standard InChI is InChI=1S/C17H27N3O2/c1-20(12-11-18)16-10-6-5-9-15(16)19-17(21)22-13-14-7-3-2-4-8-14/h2-4,7-8,15-16H,5-6,9-13,18H2,1H3,(H,19,21)/t15-,16-/m0/s1. The summed E-state index contributed by atoms with van der Waals surface area (Å²) in [5, 5.41) is 3.03. The topological polar surface area (TPSA) is 67.6 Å². The second-order valence-corrected chi connectivity index (χ2v) is 5.93. The molecule has 2 atom stereocenters. The zero-order valence-electron chi connectivity index (χ0n) is 13.3. The maximum atomic E-state index is 12.0. The Morgan fingerprint density at radius 1 is 1.32 bits per heavy atom. The summed E-state index contributed by atoms with van der Waals surface area (Å²) in [7, 11) is 2.08. The van der Waals surface area contributed by atoms with Gasteiger partial charge in [-0.3, -0.25) is 0 Å². The average Bonchev–Trinajstić information content (AvgIpc) is 2.54. The van der Waals surface area contributed by atoms with Gasteiger partial charge in [0.25, 0.3) is 0 Å². The van der Waals surface area contributed by atoms with E-state index >= 15 is 0 Å². The minimum Gasteiger partial charge on any atom is -0.445 e. The third-order valence-corrected chi connectivity index (χ3v) is 4.29. The number of carbonyl (C=O) groups is 1. The zero-order chi connectivity index (χ0) is 15.8. The van der Waals surface area contributed by atoms with Gasteiger partial charge < -0.3 is 20.7 Å². The largest absolute Gasteiger partial charge is 0.445 e. The highest BCUT2D eigenvalue weighted by Crippen LogP contribution is 2.22. The maximum absolute atomic E-state index is 12.0. The number of alkyl carbamates (subject to hydrolysis) is 1. The van der Waals surface area contributed by atoms with Gasteiger partial charge in [0.05, 0.1) is 0 Å². The molecule has 0 heterocycles. The minimum atomic E-state index is -0.332. The molecule has 1 amide bonds. The monoisotopic (exact) mass is 305 g/mol. The summed E-state index contributed by atoms with van der Waals surface area (Å²) < 4.78 is 5.33. The number of nitrogens with one attached hydrogen (secondary N) is 1. The molecule has 3 N–H and O–H groups in total. The number of likely N-dealkylation sites (N-methyl/N-ethyl adjacent to an activating group) is 1. The number of nitrogens with two attached hydrogens (primary N) is 1. The van der Waals surface area contributed by atoms with Gasteiger partial charge in [-0.2, -0.15) is 0 Å². The van der Waals surface area contributed by atoms with Crippen LogP contribution < -0.4 is 11.1 Å². The van der Waals surface area contributed by atoms with Crippen LogP contribution in [0.15, 0.2) is 30.3 Å². The van der Waals surface area contributed by atoms with Gasteiger partial charge in [-0.25, -0.2) is 4.79 Å². The molecule has 0 radical (unpaired) electrons. The second-order valence-electron chi connectivity index (χ2n) is 5.93.